The van der Waals surface area contributed by atoms with Crippen LogP contribution < -0.4 is 0 Å². The van der Waals surface area contributed by atoms with Crippen molar-refractivity contribution < 1.29 is 58.2 Å². The van der Waals surface area contributed by atoms with Crippen LogP contribution in [0, 0.1) is 0 Å². The summed E-state index contributed by atoms with van der Waals surface area (Å²) >= 11 is 0. The van der Waals surface area contributed by atoms with E-state index >= 15 is 0 Å². The Bertz CT molecular complexity index is 1750. The second-order valence-corrected chi connectivity index (χ2v) is 19.9. The fourth-order valence-electron chi connectivity index (χ4n) is 8.31. The highest BCUT2D eigenvalue weighted by atomic mass is 16.7. The van der Waals surface area contributed by atoms with Gasteiger partial charge < -0.3 is 39.0 Å². The first-order valence-electron chi connectivity index (χ1n) is 29.9. The van der Waals surface area contributed by atoms with Gasteiger partial charge >= 0.3 is 23.9 Å². The Kier molecular flexibility index (Phi) is 47.6. The van der Waals surface area contributed by atoms with Crippen molar-refractivity contribution in [3.8, 4) is 0 Å². The van der Waals surface area contributed by atoms with Gasteiger partial charge in [0.15, 0.2) is 24.6 Å². The number of carboxylic acid groups (broad SMARTS) is 1. The zero-order valence-corrected chi connectivity index (χ0v) is 47.9. The van der Waals surface area contributed by atoms with E-state index in [1.54, 1.807) is 0 Å². The smallest absolute Gasteiger partial charge is 0.335 e. The largest absolute Gasteiger partial charge is 0.479 e. The fraction of sp³-hybridized carbons (Fsp3) is 0.662. The lowest BCUT2D eigenvalue weighted by Crippen LogP contribution is -2.61. The molecule has 0 aromatic rings. The van der Waals surface area contributed by atoms with Gasteiger partial charge in [0.05, 0.1) is 6.61 Å². The van der Waals surface area contributed by atoms with Crippen molar-refractivity contribution in [3.63, 3.8) is 0 Å². The molecule has 12 nitrogen and oxygen atoms in total. The SMILES string of the molecule is CC/C=C\C/C=C\C/C=C\C/C=C\CCC(=O)OC(COC(=O)CCCCCCCCCCC/C=C\C/C=C\CCCCC)COC1OC(C(=O)O)C(O)C(O)C1OC(=O)CCCCCCC/C=C\C/C=C\C/C=C\CC. The van der Waals surface area contributed by atoms with Crippen LogP contribution in [0.15, 0.2) is 109 Å². The third kappa shape index (κ3) is 42.1. The summed E-state index contributed by atoms with van der Waals surface area (Å²) in [6, 6.07) is 0. The van der Waals surface area contributed by atoms with E-state index in [0.717, 1.165) is 103 Å². The van der Waals surface area contributed by atoms with Crippen LogP contribution in [-0.4, -0.2) is 89.2 Å². The van der Waals surface area contributed by atoms with E-state index in [0.29, 0.717) is 25.7 Å². The van der Waals surface area contributed by atoms with Gasteiger partial charge in [-0.1, -0.05) is 207 Å². The number of aliphatic hydroxyl groups is 2. The van der Waals surface area contributed by atoms with E-state index in [-0.39, 0.29) is 25.9 Å². The molecule has 0 aromatic carbocycles. The highest BCUT2D eigenvalue weighted by Crippen LogP contribution is 2.26. The number of carbonyl (C=O) groups excluding carboxylic acids is 3. The first kappa shape index (κ1) is 70.4. The second-order valence-electron chi connectivity index (χ2n) is 19.9. The average molecular weight is 1080 g/mol. The molecule has 0 saturated carbocycles. The van der Waals surface area contributed by atoms with Crippen LogP contribution in [0.3, 0.4) is 0 Å². The summed E-state index contributed by atoms with van der Waals surface area (Å²) in [4.78, 5) is 51.1. The maximum Gasteiger partial charge on any atom is 0.335 e. The normalized spacial score (nSPS) is 18.8. The zero-order valence-electron chi connectivity index (χ0n) is 47.9. The number of aliphatic carboxylic acids is 1. The Morgan fingerprint density at radius 3 is 1.30 bits per heavy atom. The molecule has 1 saturated heterocycles. The third-order valence-corrected chi connectivity index (χ3v) is 12.8. The number of hydrogen-bond acceptors (Lipinski definition) is 11. The monoisotopic (exact) mass is 1080 g/mol. The molecular weight excluding hydrogens is 973 g/mol. The van der Waals surface area contributed by atoms with E-state index in [1.165, 1.54) is 57.8 Å². The van der Waals surface area contributed by atoms with Gasteiger partial charge in [-0.3, -0.25) is 14.4 Å². The van der Waals surface area contributed by atoms with E-state index in [4.69, 9.17) is 23.7 Å². The number of aliphatic hydroxyl groups excluding tert-OH is 2. The molecule has 6 unspecified atom stereocenters. The van der Waals surface area contributed by atoms with Gasteiger partial charge in [0.2, 0.25) is 0 Å². The molecule has 0 aromatic heterocycles. The summed E-state index contributed by atoms with van der Waals surface area (Å²) in [5.74, 6) is -3.27. The number of ether oxygens (including phenoxy) is 5. The van der Waals surface area contributed by atoms with Crippen molar-refractivity contribution in [2.75, 3.05) is 13.2 Å². The van der Waals surface area contributed by atoms with Gasteiger partial charge in [-0.25, -0.2) is 4.79 Å². The number of esters is 3. The van der Waals surface area contributed by atoms with E-state index in [1.807, 2.05) is 12.2 Å². The van der Waals surface area contributed by atoms with Crippen LogP contribution in [0.5, 0.6) is 0 Å². The Morgan fingerprint density at radius 2 is 0.844 bits per heavy atom. The molecule has 1 rings (SSSR count). The minimum Gasteiger partial charge on any atom is -0.479 e. The second kappa shape index (κ2) is 52.1. The molecule has 3 N–H and O–H groups in total. The first-order valence-corrected chi connectivity index (χ1v) is 29.9. The van der Waals surface area contributed by atoms with Crippen LogP contribution in [0.1, 0.15) is 226 Å². The fourth-order valence-corrected chi connectivity index (χ4v) is 8.31. The molecule has 0 aliphatic carbocycles. The van der Waals surface area contributed by atoms with Gasteiger partial charge in [0, 0.05) is 19.3 Å². The van der Waals surface area contributed by atoms with Gasteiger partial charge in [-0.05, 0) is 109 Å². The molecule has 0 spiro atoms. The summed E-state index contributed by atoms with van der Waals surface area (Å²) in [6.07, 6.45) is 57.9. The maximum atomic E-state index is 13.1. The quantitative estimate of drug-likeness (QED) is 0.0228. The molecule has 436 valence electrons. The van der Waals surface area contributed by atoms with Crippen LogP contribution >= 0.6 is 0 Å². The molecule has 0 bridgehead atoms. The summed E-state index contributed by atoms with van der Waals surface area (Å²) in [5.41, 5.74) is 0. The van der Waals surface area contributed by atoms with Crippen LogP contribution in [-0.2, 0) is 42.9 Å². The molecule has 12 heteroatoms. The molecule has 77 heavy (non-hydrogen) atoms. The summed E-state index contributed by atoms with van der Waals surface area (Å²) in [6.45, 7) is 5.66. The highest BCUT2D eigenvalue weighted by molar-refractivity contribution is 5.74. The Hall–Kier alpha value is -4.62. The number of hydrogen-bond donors (Lipinski definition) is 3. The first-order chi connectivity index (χ1) is 37.6. The topological polar surface area (TPSA) is 175 Å². The van der Waals surface area contributed by atoms with Crippen molar-refractivity contribution in [3.05, 3.63) is 109 Å². The van der Waals surface area contributed by atoms with Crippen LogP contribution in [0.4, 0.5) is 0 Å². The number of allylic oxidation sites excluding steroid dienone is 18. The summed E-state index contributed by atoms with van der Waals surface area (Å²) in [5, 5.41) is 31.5. The number of carbonyl (C=O) groups is 4. The summed E-state index contributed by atoms with van der Waals surface area (Å²) < 4.78 is 28.3. The van der Waals surface area contributed by atoms with Crippen molar-refractivity contribution in [2.24, 2.45) is 0 Å². The van der Waals surface area contributed by atoms with Gasteiger partial charge in [-0.15, -0.1) is 0 Å². The molecule has 6 atom stereocenters. The van der Waals surface area contributed by atoms with E-state index in [2.05, 4.69) is 118 Å². The molecular formula is C65H104O12. The third-order valence-electron chi connectivity index (χ3n) is 12.8. The van der Waals surface area contributed by atoms with Gasteiger partial charge in [0.25, 0.3) is 0 Å². The number of rotatable bonds is 49. The van der Waals surface area contributed by atoms with Crippen LogP contribution in [0.25, 0.3) is 0 Å². The molecule has 1 aliphatic heterocycles. The van der Waals surface area contributed by atoms with Crippen molar-refractivity contribution in [2.45, 2.75) is 263 Å². The minimum atomic E-state index is -1.92. The number of carboxylic acids is 1. The standard InChI is InChI=1S/C65H104O12/c1-4-7-10-13-16-19-22-25-27-28-29-30-32-34-36-39-42-45-48-51-57(66)73-54-56(75-58(67)52-49-46-43-40-37-33-24-21-18-15-12-9-6-3)55-74-65-63(61(70)60(69)62(77-65)64(71)72)76-59(68)53-50-47-44-41-38-35-31-26-23-20-17-14-11-8-5-2/h8-9,11-12,16-21,25-27,31,33,37,43,46,56,60-63,65,69-70H,4-7,10,13-15,22-24,28-30,32,34-36,38-42,44-45,47-55H2,1-3H3,(H,71,72)/b11-8-,12-9-,19-16-,20-17-,21-18-,27-25-,31-26-,37-33-,46-43-. The number of unbranched alkanes of at least 4 members (excludes halogenated alkanes) is 17. The molecule has 0 amide bonds. The minimum absolute atomic E-state index is 0.0276. The Labute approximate surface area is 465 Å². The molecule has 1 heterocycles. The lowest BCUT2D eigenvalue weighted by molar-refractivity contribution is -0.301. The van der Waals surface area contributed by atoms with Crippen molar-refractivity contribution in [1.29, 1.82) is 0 Å². The summed E-state index contributed by atoms with van der Waals surface area (Å²) in [7, 11) is 0. The van der Waals surface area contributed by atoms with Crippen LogP contribution in [0.2, 0.25) is 0 Å². The average Bonchev–Trinajstić information content (AvgIpc) is 3.42. The predicted octanol–water partition coefficient (Wildman–Crippen LogP) is 15.4. The Morgan fingerprint density at radius 1 is 0.442 bits per heavy atom. The molecule has 1 aliphatic rings. The van der Waals surface area contributed by atoms with E-state index in [9.17, 15) is 34.5 Å². The maximum absolute atomic E-state index is 13.1. The molecule has 0 radical (unpaired) electrons. The lowest BCUT2D eigenvalue weighted by atomic mass is 9.98. The zero-order chi connectivity index (χ0) is 56.1. The molecule has 1 fully saturated rings. The predicted molar refractivity (Wildman–Crippen MR) is 312 cm³/mol. The van der Waals surface area contributed by atoms with Gasteiger partial charge in [0.1, 0.15) is 18.8 Å². The van der Waals surface area contributed by atoms with Crippen molar-refractivity contribution in [1.82, 2.24) is 0 Å². The van der Waals surface area contributed by atoms with E-state index < -0.39 is 67.3 Å². The van der Waals surface area contributed by atoms with Crippen molar-refractivity contribution >= 4 is 23.9 Å². The van der Waals surface area contributed by atoms with Gasteiger partial charge in [-0.2, -0.15) is 0 Å². The Balaban J connectivity index is 2.71. The lowest BCUT2D eigenvalue weighted by Gasteiger charge is -2.40. The highest BCUT2D eigenvalue weighted by Gasteiger charge is 2.50.